The Kier molecular flexibility index (Phi) is 5.33. The molecule has 1 aromatic rings. The van der Waals surface area contributed by atoms with Crippen LogP contribution < -0.4 is 11.3 Å². The van der Waals surface area contributed by atoms with Crippen molar-refractivity contribution < 1.29 is 13.2 Å². The summed E-state index contributed by atoms with van der Waals surface area (Å²) in [6, 6.07) is 9.40. The van der Waals surface area contributed by atoms with E-state index in [1.54, 1.807) is 0 Å². The van der Waals surface area contributed by atoms with Gasteiger partial charge in [-0.25, -0.2) is 14.3 Å². The molecule has 2 rings (SSSR count). The smallest absolute Gasteiger partial charge is 0.242 e. The maximum Gasteiger partial charge on any atom is 0.242 e. The molecule has 1 fully saturated rings. The van der Waals surface area contributed by atoms with E-state index in [1.165, 1.54) is 0 Å². The van der Waals surface area contributed by atoms with E-state index in [-0.39, 0.29) is 17.4 Å². The van der Waals surface area contributed by atoms with Crippen molar-refractivity contribution in [2.45, 2.75) is 12.3 Å². The topological polar surface area (TPSA) is 92.5 Å². The monoisotopic (exact) mass is 311 g/mol. The van der Waals surface area contributed by atoms with Crippen LogP contribution in [-0.2, 0) is 14.6 Å². The largest absolute Gasteiger partial charge is 0.301 e. The molecular formula is C14H21N3O3S. The van der Waals surface area contributed by atoms with Crippen molar-refractivity contribution in [1.82, 2.24) is 10.3 Å². The van der Waals surface area contributed by atoms with Gasteiger partial charge in [-0.15, -0.1) is 0 Å². The van der Waals surface area contributed by atoms with Crippen LogP contribution in [-0.4, -0.2) is 50.4 Å². The molecule has 1 amide bonds. The summed E-state index contributed by atoms with van der Waals surface area (Å²) in [6.45, 7) is 1.62. The number of sulfone groups is 1. The second-order valence-corrected chi connectivity index (χ2v) is 7.58. The number of carbonyl (C=O) groups is 1. The molecule has 116 valence electrons. The van der Waals surface area contributed by atoms with Gasteiger partial charge in [0.05, 0.1) is 17.4 Å². The van der Waals surface area contributed by atoms with Crippen LogP contribution in [0.25, 0.3) is 0 Å². The zero-order valence-electron chi connectivity index (χ0n) is 11.9. The molecule has 21 heavy (non-hydrogen) atoms. The van der Waals surface area contributed by atoms with Crippen molar-refractivity contribution in [3.8, 4) is 0 Å². The standard InChI is InChI=1S/C14H21N3O3S/c15-16-14(18)13(12-5-2-1-3-6-12)11-17-7-4-9-21(19,20)10-8-17/h1-3,5-6,13H,4,7-11,15H2,(H,16,18). The van der Waals surface area contributed by atoms with E-state index in [9.17, 15) is 13.2 Å². The van der Waals surface area contributed by atoms with E-state index >= 15 is 0 Å². The highest BCUT2D eigenvalue weighted by atomic mass is 32.2. The van der Waals surface area contributed by atoms with E-state index in [0.29, 0.717) is 26.1 Å². The Morgan fingerprint density at radius 2 is 1.95 bits per heavy atom. The Balaban J connectivity index is 2.11. The predicted octanol–water partition coefficient (Wildman–Crippen LogP) is -0.119. The summed E-state index contributed by atoms with van der Waals surface area (Å²) >= 11 is 0. The highest BCUT2D eigenvalue weighted by molar-refractivity contribution is 7.91. The van der Waals surface area contributed by atoms with Crippen molar-refractivity contribution in [1.29, 1.82) is 0 Å². The Hall–Kier alpha value is -1.44. The summed E-state index contributed by atoms with van der Waals surface area (Å²) in [6.07, 6.45) is 0.605. The molecule has 1 aromatic carbocycles. The number of rotatable bonds is 4. The number of hydrogen-bond donors (Lipinski definition) is 2. The Morgan fingerprint density at radius 1 is 1.24 bits per heavy atom. The summed E-state index contributed by atoms with van der Waals surface area (Å²) in [5, 5.41) is 0. The zero-order chi connectivity index (χ0) is 15.3. The number of benzene rings is 1. The maximum absolute atomic E-state index is 12.0. The van der Waals surface area contributed by atoms with Gasteiger partial charge in [0, 0.05) is 13.1 Å². The van der Waals surface area contributed by atoms with Crippen LogP contribution in [0.3, 0.4) is 0 Å². The van der Waals surface area contributed by atoms with Crippen molar-refractivity contribution >= 4 is 15.7 Å². The van der Waals surface area contributed by atoms with Gasteiger partial charge < -0.3 is 4.90 Å². The number of nitrogens with one attached hydrogen (secondary N) is 1. The van der Waals surface area contributed by atoms with Crippen molar-refractivity contribution in [3.63, 3.8) is 0 Å². The van der Waals surface area contributed by atoms with E-state index in [2.05, 4.69) is 5.43 Å². The zero-order valence-corrected chi connectivity index (χ0v) is 12.7. The SMILES string of the molecule is NNC(=O)C(CN1CCCS(=O)(=O)CC1)c1ccccc1. The number of amides is 1. The Labute approximate surface area is 125 Å². The fourth-order valence-electron chi connectivity index (χ4n) is 2.56. The van der Waals surface area contributed by atoms with Crippen molar-refractivity contribution in [2.24, 2.45) is 5.84 Å². The molecule has 1 aliphatic heterocycles. The average molecular weight is 311 g/mol. The lowest BCUT2D eigenvalue weighted by molar-refractivity contribution is -0.123. The van der Waals surface area contributed by atoms with Crippen molar-refractivity contribution in [2.75, 3.05) is 31.1 Å². The number of hydrazine groups is 1. The van der Waals surface area contributed by atoms with Gasteiger partial charge in [-0.3, -0.25) is 10.2 Å². The molecule has 1 atom stereocenters. The molecule has 1 heterocycles. The number of nitrogens with zero attached hydrogens (tertiary/aromatic N) is 1. The fourth-order valence-corrected chi connectivity index (χ4v) is 3.87. The van der Waals surface area contributed by atoms with Crippen LogP contribution in [0.5, 0.6) is 0 Å². The number of nitrogens with two attached hydrogens (primary N) is 1. The number of carbonyl (C=O) groups excluding carboxylic acids is 1. The van der Waals surface area contributed by atoms with Crippen LogP contribution in [0.1, 0.15) is 17.9 Å². The Morgan fingerprint density at radius 3 is 2.62 bits per heavy atom. The Bertz CT molecular complexity index is 574. The first-order valence-electron chi connectivity index (χ1n) is 7.00. The van der Waals surface area contributed by atoms with Crippen molar-refractivity contribution in [3.05, 3.63) is 35.9 Å². The van der Waals surface area contributed by atoms with E-state index in [1.807, 2.05) is 35.2 Å². The highest BCUT2D eigenvalue weighted by Crippen LogP contribution is 2.18. The maximum atomic E-state index is 12.0. The van der Waals surface area contributed by atoms with Crippen LogP contribution in [0.4, 0.5) is 0 Å². The molecule has 7 heteroatoms. The molecular weight excluding hydrogens is 290 g/mol. The van der Waals surface area contributed by atoms with Gasteiger partial charge in [0.15, 0.2) is 9.84 Å². The summed E-state index contributed by atoms with van der Waals surface area (Å²) in [7, 11) is -2.95. The van der Waals surface area contributed by atoms with E-state index < -0.39 is 15.8 Å². The average Bonchev–Trinajstić information content (AvgIpc) is 2.66. The predicted molar refractivity (Wildman–Crippen MR) is 81.2 cm³/mol. The minimum absolute atomic E-state index is 0.152. The summed E-state index contributed by atoms with van der Waals surface area (Å²) in [5.74, 6) is 5.00. The molecule has 1 unspecified atom stereocenters. The summed E-state index contributed by atoms with van der Waals surface area (Å²) in [5.41, 5.74) is 3.08. The van der Waals surface area contributed by atoms with Crippen LogP contribution in [0, 0.1) is 0 Å². The van der Waals surface area contributed by atoms with Gasteiger partial charge in [-0.1, -0.05) is 30.3 Å². The third-order valence-electron chi connectivity index (χ3n) is 3.75. The second-order valence-electron chi connectivity index (χ2n) is 5.28. The van der Waals surface area contributed by atoms with Gasteiger partial charge in [-0.2, -0.15) is 0 Å². The molecule has 0 aromatic heterocycles. The fraction of sp³-hybridized carbons (Fsp3) is 0.500. The molecule has 1 aliphatic rings. The molecule has 0 saturated carbocycles. The third-order valence-corrected chi connectivity index (χ3v) is 5.46. The third kappa shape index (κ3) is 4.52. The van der Waals surface area contributed by atoms with Gasteiger partial charge in [-0.05, 0) is 18.5 Å². The molecule has 1 saturated heterocycles. The molecule has 0 spiro atoms. The van der Waals surface area contributed by atoms with Gasteiger partial charge in [0.25, 0.3) is 0 Å². The van der Waals surface area contributed by atoms with Gasteiger partial charge >= 0.3 is 0 Å². The van der Waals surface area contributed by atoms with Crippen LogP contribution in [0.2, 0.25) is 0 Å². The second kappa shape index (κ2) is 7.02. The van der Waals surface area contributed by atoms with E-state index in [0.717, 1.165) is 5.56 Å². The lowest BCUT2D eigenvalue weighted by Crippen LogP contribution is -2.41. The first kappa shape index (κ1) is 15.9. The molecule has 6 nitrogen and oxygen atoms in total. The highest BCUT2D eigenvalue weighted by Gasteiger charge is 2.25. The van der Waals surface area contributed by atoms with Gasteiger partial charge in [0.2, 0.25) is 5.91 Å². The minimum Gasteiger partial charge on any atom is -0.301 e. The molecule has 3 N–H and O–H groups in total. The van der Waals surface area contributed by atoms with E-state index in [4.69, 9.17) is 5.84 Å². The molecule has 0 radical (unpaired) electrons. The van der Waals surface area contributed by atoms with Crippen LogP contribution in [0.15, 0.2) is 30.3 Å². The first-order valence-corrected chi connectivity index (χ1v) is 8.82. The quantitative estimate of drug-likeness (QED) is 0.459. The number of hydrogen-bond acceptors (Lipinski definition) is 5. The summed E-state index contributed by atoms with van der Waals surface area (Å²) < 4.78 is 23.3. The molecule has 0 aliphatic carbocycles. The first-order chi connectivity index (χ1) is 10.0. The normalized spacial score (nSPS) is 20.4. The minimum atomic E-state index is -2.95. The molecule has 0 bridgehead atoms. The van der Waals surface area contributed by atoms with Gasteiger partial charge in [0.1, 0.15) is 0 Å². The lowest BCUT2D eigenvalue weighted by atomic mass is 9.97. The van der Waals surface area contributed by atoms with Crippen LogP contribution >= 0.6 is 0 Å². The summed E-state index contributed by atoms with van der Waals surface area (Å²) in [4.78, 5) is 14.0. The lowest BCUT2D eigenvalue weighted by Gasteiger charge is -2.25.